The summed E-state index contributed by atoms with van der Waals surface area (Å²) in [5, 5.41) is 0.563. The van der Waals surface area contributed by atoms with E-state index in [1.807, 2.05) is 24.3 Å². The molecule has 0 saturated carbocycles. The number of ether oxygens (including phenoxy) is 1. The van der Waals surface area contributed by atoms with E-state index >= 15 is 0 Å². The van der Waals surface area contributed by atoms with Crippen molar-refractivity contribution in [3.05, 3.63) is 29.8 Å². The van der Waals surface area contributed by atoms with Gasteiger partial charge in [-0.2, -0.15) is 0 Å². The largest absolute Gasteiger partial charge is 0.494 e. The third-order valence-corrected chi connectivity index (χ3v) is 3.54. The van der Waals surface area contributed by atoms with Crippen LogP contribution in [0.25, 0.3) is 0 Å². The topological polar surface area (TPSA) is 72.9 Å². The van der Waals surface area contributed by atoms with Crippen LogP contribution >= 0.6 is 0 Å². The van der Waals surface area contributed by atoms with Crippen LogP contribution in [0.5, 0.6) is 5.75 Å². The maximum atomic E-state index is 11.6. The normalized spacial score (nSPS) is 14.5. The standard InChI is InChI=1S/C17H21NO5/c1-12(2)13-5-7-14(8-6-13)22-11-3-4-17(21)23-18-15(19)9-10-16(18)20/h5-8,12H,3-4,9-11H2,1-2H3. The van der Waals surface area contributed by atoms with Gasteiger partial charge in [-0.15, -0.1) is 5.06 Å². The number of carbonyl (C=O) groups is 3. The molecule has 0 bridgehead atoms. The minimum Gasteiger partial charge on any atom is -0.494 e. The Morgan fingerprint density at radius 1 is 1.13 bits per heavy atom. The minimum atomic E-state index is -0.604. The van der Waals surface area contributed by atoms with E-state index in [0.29, 0.717) is 24.0 Å². The molecule has 6 nitrogen and oxygen atoms in total. The molecule has 2 amide bonds. The van der Waals surface area contributed by atoms with Crippen LogP contribution in [-0.2, 0) is 19.2 Å². The molecule has 124 valence electrons. The molecular formula is C17H21NO5. The highest BCUT2D eigenvalue weighted by Crippen LogP contribution is 2.19. The highest BCUT2D eigenvalue weighted by molar-refractivity contribution is 6.01. The van der Waals surface area contributed by atoms with Crippen molar-refractivity contribution in [2.24, 2.45) is 0 Å². The SMILES string of the molecule is CC(C)c1ccc(OCCCC(=O)ON2C(=O)CCC2=O)cc1. The quantitative estimate of drug-likeness (QED) is 0.570. The van der Waals surface area contributed by atoms with E-state index in [-0.39, 0.29) is 19.3 Å². The van der Waals surface area contributed by atoms with Crippen LogP contribution in [0.2, 0.25) is 0 Å². The number of rotatable bonds is 7. The second kappa shape index (κ2) is 7.76. The molecule has 0 unspecified atom stereocenters. The van der Waals surface area contributed by atoms with Crippen LogP contribution in [0.3, 0.4) is 0 Å². The molecule has 1 saturated heterocycles. The van der Waals surface area contributed by atoms with Crippen LogP contribution in [0.1, 0.15) is 51.0 Å². The van der Waals surface area contributed by atoms with Crippen LogP contribution in [-0.4, -0.2) is 29.5 Å². The first kappa shape index (κ1) is 17.0. The second-order valence-corrected chi connectivity index (χ2v) is 5.72. The van der Waals surface area contributed by atoms with Crippen molar-refractivity contribution < 1.29 is 24.0 Å². The fourth-order valence-electron chi connectivity index (χ4n) is 2.16. The maximum Gasteiger partial charge on any atom is 0.333 e. The average molecular weight is 319 g/mol. The zero-order valence-electron chi connectivity index (χ0n) is 13.4. The van der Waals surface area contributed by atoms with Gasteiger partial charge in [0.2, 0.25) is 0 Å². The zero-order valence-corrected chi connectivity index (χ0v) is 13.4. The Balaban J connectivity index is 1.67. The molecule has 0 radical (unpaired) electrons. The van der Waals surface area contributed by atoms with Crippen molar-refractivity contribution in [3.63, 3.8) is 0 Å². The van der Waals surface area contributed by atoms with E-state index in [1.165, 1.54) is 5.56 Å². The monoisotopic (exact) mass is 319 g/mol. The minimum absolute atomic E-state index is 0.0845. The summed E-state index contributed by atoms with van der Waals surface area (Å²) in [7, 11) is 0. The summed E-state index contributed by atoms with van der Waals surface area (Å²) in [5.41, 5.74) is 1.24. The Morgan fingerprint density at radius 3 is 2.30 bits per heavy atom. The highest BCUT2D eigenvalue weighted by atomic mass is 16.7. The molecule has 1 aromatic carbocycles. The molecule has 6 heteroatoms. The van der Waals surface area contributed by atoms with Crippen LogP contribution < -0.4 is 4.74 Å². The lowest BCUT2D eigenvalue weighted by Crippen LogP contribution is -2.32. The van der Waals surface area contributed by atoms with Gasteiger partial charge in [-0.1, -0.05) is 26.0 Å². The number of nitrogens with zero attached hydrogens (tertiary/aromatic N) is 1. The summed E-state index contributed by atoms with van der Waals surface area (Å²) in [5.74, 6) is -0.329. The fourth-order valence-corrected chi connectivity index (χ4v) is 2.16. The number of hydrogen-bond acceptors (Lipinski definition) is 5. The van der Waals surface area contributed by atoms with Crippen molar-refractivity contribution in [2.75, 3.05) is 6.61 Å². The Bertz CT molecular complexity index is 563. The maximum absolute atomic E-state index is 11.6. The van der Waals surface area contributed by atoms with Crippen molar-refractivity contribution in [3.8, 4) is 5.75 Å². The van der Waals surface area contributed by atoms with Gasteiger partial charge in [0, 0.05) is 12.8 Å². The highest BCUT2D eigenvalue weighted by Gasteiger charge is 2.32. The van der Waals surface area contributed by atoms with Gasteiger partial charge >= 0.3 is 5.97 Å². The molecule has 1 heterocycles. The van der Waals surface area contributed by atoms with Crippen LogP contribution in [0, 0.1) is 0 Å². The van der Waals surface area contributed by atoms with Gasteiger partial charge in [-0.05, 0) is 30.0 Å². The van der Waals surface area contributed by atoms with E-state index in [9.17, 15) is 14.4 Å². The molecule has 0 aliphatic carbocycles. The van der Waals surface area contributed by atoms with Crippen molar-refractivity contribution in [2.45, 2.75) is 45.4 Å². The number of hydroxylamine groups is 2. The molecule has 1 fully saturated rings. The number of hydrogen-bond donors (Lipinski definition) is 0. The van der Waals surface area contributed by atoms with E-state index in [2.05, 4.69) is 13.8 Å². The van der Waals surface area contributed by atoms with E-state index < -0.39 is 17.8 Å². The first-order valence-electron chi connectivity index (χ1n) is 7.76. The Morgan fingerprint density at radius 2 is 1.74 bits per heavy atom. The molecule has 1 aromatic rings. The summed E-state index contributed by atoms with van der Waals surface area (Å²) in [6, 6.07) is 7.82. The predicted molar refractivity (Wildman–Crippen MR) is 82.4 cm³/mol. The molecule has 23 heavy (non-hydrogen) atoms. The van der Waals surface area contributed by atoms with Crippen molar-refractivity contribution >= 4 is 17.8 Å². The van der Waals surface area contributed by atoms with Gasteiger partial charge in [0.05, 0.1) is 13.0 Å². The molecule has 0 N–H and O–H groups in total. The Labute approximate surface area is 135 Å². The number of amides is 2. The zero-order chi connectivity index (χ0) is 16.8. The van der Waals surface area contributed by atoms with Gasteiger partial charge in [0.15, 0.2) is 0 Å². The number of benzene rings is 1. The van der Waals surface area contributed by atoms with Gasteiger partial charge in [0.1, 0.15) is 5.75 Å². The lowest BCUT2D eigenvalue weighted by Gasteiger charge is -2.12. The van der Waals surface area contributed by atoms with Gasteiger partial charge in [-0.3, -0.25) is 9.59 Å². The first-order valence-corrected chi connectivity index (χ1v) is 7.76. The van der Waals surface area contributed by atoms with E-state index in [1.54, 1.807) is 0 Å². The first-order chi connectivity index (χ1) is 11.0. The molecule has 0 spiro atoms. The van der Waals surface area contributed by atoms with Gasteiger partial charge < -0.3 is 9.57 Å². The molecule has 2 rings (SSSR count). The van der Waals surface area contributed by atoms with Crippen LogP contribution in [0.4, 0.5) is 0 Å². The summed E-state index contributed by atoms with van der Waals surface area (Å²) in [6.07, 6.45) is 0.727. The summed E-state index contributed by atoms with van der Waals surface area (Å²) in [6.45, 7) is 4.60. The molecule has 0 aromatic heterocycles. The summed E-state index contributed by atoms with van der Waals surface area (Å²) < 4.78 is 5.55. The second-order valence-electron chi connectivity index (χ2n) is 5.72. The summed E-state index contributed by atoms with van der Waals surface area (Å²) in [4.78, 5) is 39.0. The van der Waals surface area contributed by atoms with Crippen LogP contribution in [0.15, 0.2) is 24.3 Å². The van der Waals surface area contributed by atoms with E-state index in [4.69, 9.17) is 9.57 Å². The van der Waals surface area contributed by atoms with Crippen molar-refractivity contribution in [1.82, 2.24) is 5.06 Å². The number of imide groups is 1. The average Bonchev–Trinajstić information content (AvgIpc) is 2.84. The third kappa shape index (κ3) is 4.81. The fraction of sp³-hybridized carbons (Fsp3) is 0.471. The lowest BCUT2D eigenvalue weighted by atomic mass is 10.0. The molecule has 0 atom stereocenters. The van der Waals surface area contributed by atoms with Crippen molar-refractivity contribution in [1.29, 1.82) is 0 Å². The third-order valence-electron chi connectivity index (χ3n) is 3.54. The van der Waals surface area contributed by atoms with Gasteiger partial charge in [-0.25, -0.2) is 4.79 Å². The molecule has 1 aliphatic rings. The predicted octanol–water partition coefficient (Wildman–Crippen LogP) is 2.58. The Kier molecular flexibility index (Phi) is 5.73. The molecule has 1 aliphatic heterocycles. The van der Waals surface area contributed by atoms with E-state index in [0.717, 1.165) is 5.75 Å². The molecular weight excluding hydrogens is 298 g/mol. The summed E-state index contributed by atoms with van der Waals surface area (Å²) >= 11 is 0. The van der Waals surface area contributed by atoms with Gasteiger partial charge in [0.25, 0.3) is 11.8 Å². The lowest BCUT2D eigenvalue weighted by molar-refractivity contribution is -0.197. The Hall–Kier alpha value is -2.37. The number of carbonyl (C=O) groups excluding carboxylic acids is 3. The smallest absolute Gasteiger partial charge is 0.333 e.